The molecule has 0 aromatic rings. The van der Waals surface area contributed by atoms with Gasteiger partial charge in [-0.1, -0.05) is 44.1 Å². The Morgan fingerprint density at radius 3 is 2.86 bits per heavy atom. The van der Waals surface area contributed by atoms with Crippen LogP contribution in [0.1, 0.15) is 46.5 Å². The van der Waals surface area contributed by atoms with Gasteiger partial charge in [0.05, 0.1) is 0 Å². The molecule has 2 N–H and O–H groups in total. The van der Waals surface area contributed by atoms with Gasteiger partial charge in [-0.2, -0.15) is 0 Å². The summed E-state index contributed by atoms with van der Waals surface area (Å²) >= 11 is 0. The molecule has 2 unspecified atom stereocenters. The van der Waals surface area contributed by atoms with E-state index in [4.69, 9.17) is 5.73 Å². The molecule has 1 aliphatic carbocycles. The van der Waals surface area contributed by atoms with Gasteiger partial charge in [-0.15, -0.1) is 0 Å². The topological polar surface area (TPSA) is 26.0 Å². The molecule has 0 bridgehead atoms. The Kier molecular flexibility index (Phi) is 3.54. The summed E-state index contributed by atoms with van der Waals surface area (Å²) in [5.41, 5.74) is 9.11. The zero-order valence-electron chi connectivity index (χ0n) is 9.77. The summed E-state index contributed by atoms with van der Waals surface area (Å²) in [7, 11) is 0. The highest BCUT2D eigenvalue weighted by atomic mass is 14.7. The maximum atomic E-state index is 6.18. The third kappa shape index (κ3) is 2.27. The Hall–Kier alpha value is -0.560. The lowest BCUT2D eigenvalue weighted by molar-refractivity contribution is 0.296. The van der Waals surface area contributed by atoms with Gasteiger partial charge in [0.25, 0.3) is 0 Å². The molecule has 0 aromatic heterocycles. The molecule has 80 valence electrons. The van der Waals surface area contributed by atoms with E-state index in [1.54, 1.807) is 5.57 Å². The van der Waals surface area contributed by atoms with Crippen LogP contribution in [-0.4, -0.2) is 6.04 Å². The minimum Gasteiger partial charge on any atom is -0.324 e. The Balaban J connectivity index is 2.61. The summed E-state index contributed by atoms with van der Waals surface area (Å²) in [5.74, 6) is 0. The van der Waals surface area contributed by atoms with Gasteiger partial charge in [0.1, 0.15) is 0 Å². The van der Waals surface area contributed by atoms with Gasteiger partial charge in [-0.3, -0.25) is 0 Å². The van der Waals surface area contributed by atoms with E-state index in [1.165, 1.54) is 12.8 Å². The van der Waals surface area contributed by atoms with E-state index < -0.39 is 0 Å². The van der Waals surface area contributed by atoms with Crippen LogP contribution in [0.2, 0.25) is 0 Å². The molecule has 0 aliphatic heterocycles. The van der Waals surface area contributed by atoms with Crippen molar-refractivity contribution in [2.24, 2.45) is 11.1 Å². The molecule has 0 heterocycles. The molecule has 2 atom stereocenters. The van der Waals surface area contributed by atoms with Crippen molar-refractivity contribution >= 4 is 0 Å². The van der Waals surface area contributed by atoms with E-state index in [1.807, 2.05) is 6.92 Å². The molecule has 1 rings (SSSR count). The fourth-order valence-electron chi connectivity index (χ4n) is 2.38. The second-order valence-electron chi connectivity index (χ2n) is 4.97. The van der Waals surface area contributed by atoms with Gasteiger partial charge < -0.3 is 5.73 Å². The molecular formula is C13H23N. The van der Waals surface area contributed by atoms with Crippen LogP contribution in [0.15, 0.2) is 23.8 Å². The molecular weight excluding hydrogens is 170 g/mol. The largest absolute Gasteiger partial charge is 0.324 e. The molecule has 0 spiro atoms. The fraction of sp³-hybridized carbons (Fsp3) is 0.692. The van der Waals surface area contributed by atoms with Crippen molar-refractivity contribution in [3.63, 3.8) is 0 Å². The highest BCUT2D eigenvalue weighted by molar-refractivity contribution is 5.20. The Labute approximate surface area is 88.1 Å². The predicted molar refractivity (Wildman–Crippen MR) is 63.1 cm³/mol. The second-order valence-corrected chi connectivity index (χ2v) is 4.97. The SMILES string of the molecule is C=C(C)C(N)C1(C)CC=C(CCC)C1. The molecule has 14 heavy (non-hydrogen) atoms. The molecule has 0 fully saturated rings. The Morgan fingerprint density at radius 2 is 2.36 bits per heavy atom. The average Bonchev–Trinajstić information content (AvgIpc) is 2.48. The van der Waals surface area contributed by atoms with E-state index >= 15 is 0 Å². The maximum absolute atomic E-state index is 6.18. The molecule has 0 aromatic carbocycles. The number of hydrogen-bond acceptors (Lipinski definition) is 1. The standard InChI is InChI=1S/C13H23N/c1-5-6-11-7-8-13(4,9-11)12(14)10(2)3/h7,12H,2,5-6,8-9,14H2,1,3-4H3. The van der Waals surface area contributed by atoms with Gasteiger partial charge in [0.2, 0.25) is 0 Å². The summed E-state index contributed by atoms with van der Waals surface area (Å²) in [6.07, 6.45) is 7.14. The molecule has 1 aliphatic rings. The summed E-state index contributed by atoms with van der Waals surface area (Å²) in [4.78, 5) is 0. The van der Waals surface area contributed by atoms with Crippen molar-refractivity contribution in [3.05, 3.63) is 23.8 Å². The highest BCUT2D eigenvalue weighted by Gasteiger charge is 2.35. The first-order chi connectivity index (χ1) is 6.49. The van der Waals surface area contributed by atoms with E-state index in [0.29, 0.717) is 0 Å². The van der Waals surface area contributed by atoms with Crippen molar-refractivity contribution in [3.8, 4) is 0 Å². The number of allylic oxidation sites excluding steroid dienone is 2. The summed E-state index contributed by atoms with van der Waals surface area (Å²) in [5, 5.41) is 0. The van der Waals surface area contributed by atoms with Gasteiger partial charge in [-0.25, -0.2) is 0 Å². The van der Waals surface area contributed by atoms with Crippen LogP contribution >= 0.6 is 0 Å². The van der Waals surface area contributed by atoms with Gasteiger partial charge in [-0.05, 0) is 31.6 Å². The van der Waals surface area contributed by atoms with Crippen LogP contribution in [0.5, 0.6) is 0 Å². The number of nitrogens with two attached hydrogens (primary N) is 1. The lowest BCUT2D eigenvalue weighted by Gasteiger charge is -2.32. The zero-order chi connectivity index (χ0) is 10.8. The third-order valence-corrected chi connectivity index (χ3v) is 3.34. The first-order valence-electron chi connectivity index (χ1n) is 5.58. The van der Waals surface area contributed by atoms with Crippen LogP contribution < -0.4 is 5.73 Å². The second kappa shape index (κ2) is 4.31. The summed E-state index contributed by atoms with van der Waals surface area (Å²) < 4.78 is 0. The fourth-order valence-corrected chi connectivity index (χ4v) is 2.38. The van der Waals surface area contributed by atoms with Crippen molar-refractivity contribution in [2.45, 2.75) is 52.5 Å². The third-order valence-electron chi connectivity index (χ3n) is 3.34. The van der Waals surface area contributed by atoms with Crippen molar-refractivity contribution in [1.29, 1.82) is 0 Å². The van der Waals surface area contributed by atoms with E-state index in [2.05, 4.69) is 26.5 Å². The van der Waals surface area contributed by atoms with Gasteiger partial charge in [0.15, 0.2) is 0 Å². The molecule has 0 saturated heterocycles. The first-order valence-corrected chi connectivity index (χ1v) is 5.58. The average molecular weight is 193 g/mol. The zero-order valence-corrected chi connectivity index (χ0v) is 9.77. The molecule has 1 nitrogen and oxygen atoms in total. The van der Waals surface area contributed by atoms with Crippen LogP contribution in [0, 0.1) is 5.41 Å². The van der Waals surface area contributed by atoms with Crippen molar-refractivity contribution in [1.82, 2.24) is 0 Å². The molecule has 0 saturated carbocycles. The molecule has 1 heteroatoms. The Morgan fingerprint density at radius 1 is 1.71 bits per heavy atom. The lowest BCUT2D eigenvalue weighted by Crippen LogP contribution is -2.38. The first kappa shape index (κ1) is 11.5. The smallest absolute Gasteiger partial charge is 0.0309 e. The van der Waals surface area contributed by atoms with Gasteiger partial charge in [0, 0.05) is 6.04 Å². The summed E-state index contributed by atoms with van der Waals surface area (Å²) in [6.45, 7) is 10.5. The highest BCUT2D eigenvalue weighted by Crippen LogP contribution is 2.42. The summed E-state index contributed by atoms with van der Waals surface area (Å²) in [6, 6.07) is 0.146. The quantitative estimate of drug-likeness (QED) is 0.680. The van der Waals surface area contributed by atoms with Crippen LogP contribution in [0.4, 0.5) is 0 Å². The van der Waals surface area contributed by atoms with Crippen LogP contribution in [0.25, 0.3) is 0 Å². The normalized spacial score (nSPS) is 28.7. The van der Waals surface area contributed by atoms with E-state index in [0.717, 1.165) is 18.4 Å². The predicted octanol–water partition coefficient (Wildman–Crippen LogP) is 3.42. The molecule has 0 radical (unpaired) electrons. The number of hydrogen-bond donors (Lipinski definition) is 1. The van der Waals surface area contributed by atoms with Crippen LogP contribution in [0.3, 0.4) is 0 Å². The minimum atomic E-state index is 0.146. The van der Waals surface area contributed by atoms with E-state index in [-0.39, 0.29) is 11.5 Å². The van der Waals surface area contributed by atoms with Crippen molar-refractivity contribution < 1.29 is 0 Å². The van der Waals surface area contributed by atoms with Crippen LogP contribution in [-0.2, 0) is 0 Å². The number of rotatable bonds is 4. The lowest BCUT2D eigenvalue weighted by atomic mass is 9.76. The Bertz CT molecular complexity index is 252. The maximum Gasteiger partial charge on any atom is 0.0309 e. The monoisotopic (exact) mass is 193 g/mol. The van der Waals surface area contributed by atoms with Gasteiger partial charge >= 0.3 is 0 Å². The molecule has 0 amide bonds. The minimum absolute atomic E-state index is 0.146. The van der Waals surface area contributed by atoms with E-state index in [9.17, 15) is 0 Å². The van der Waals surface area contributed by atoms with Crippen molar-refractivity contribution in [2.75, 3.05) is 0 Å².